The van der Waals surface area contributed by atoms with Gasteiger partial charge in [0, 0.05) is 88.7 Å². The van der Waals surface area contributed by atoms with Gasteiger partial charge in [-0.1, -0.05) is 86.9 Å². The van der Waals surface area contributed by atoms with E-state index in [4.69, 9.17) is 51.6 Å². The molecule has 24 nitrogen and oxygen atoms in total. The average Bonchev–Trinajstić information content (AvgIpc) is 1.15. The number of anilines is 4. The van der Waals surface area contributed by atoms with Crippen LogP contribution < -0.4 is 57.1 Å². The zero-order valence-electron chi connectivity index (χ0n) is 60.8. The van der Waals surface area contributed by atoms with E-state index in [1.807, 2.05) is 43.4 Å². The second kappa shape index (κ2) is 35.1. The van der Waals surface area contributed by atoms with Crippen LogP contribution in [0.4, 0.5) is 49.6 Å². The minimum atomic E-state index is -5.19. The molecule has 0 spiro atoms. The fourth-order valence-corrected chi connectivity index (χ4v) is 18.0. The highest BCUT2D eigenvalue weighted by molar-refractivity contribution is 6.98. The van der Waals surface area contributed by atoms with Gasteiger partial charge in [-0.15, -0.1) is 0 Å². The van der Waals surface area contributed by atoms with Crippen LogP contribution in [-0.2, 0) is 45.4 Å². The van der Waals surface area contributed by atoms with E-state index in [1.165, 1.54) is 78.5 Å². The molecule has 4 aromatic carbocycles. The average molecular weight is 1510 g/mol. The number of nitrogens with two attached hydrogens (primary N) is 3. The van der Waals surface area contributed by atoms with Crippen molar-refractivity contribution in [2.45, 2.75) is 96.8 Å². The SMILES string of the molecule is CN(CCCC(=O)CCc1ccc(COc2nc(N)nc3nc[nH]c23)cc1)c1ccc2c(c1)[Si](C)(C)C1=CC(=[N+](C)C)C=CC1=C2.CN(CCCC(=O)O)c1ccc2c(c1)[Si](C)(C)C1=CC(=[N+](C)C)C=CC1=C2.NCc1ccc(COc2nc(N)nc3nc[nH]c23)cc1.O=C([O-])C(F)(F)F.O=C([O-])C(F)(F)F. The standard InChI is InChI=1S/C36H42N7O2Si.C22H28N2O2Si.C13H14N6O.2C2HF3O2/c1-42(2)28-15-13-26-19-27-14-16-29(21-32(27)46(4,5)31(26)20-28)43(3)18-6-7-30(44)17-12-24-8-10-25(11-9-24)22-45-35-33-34(39-23-38-33)40-36(37)41-35;1-23(2)18-10-8-16-13-17-9-11-19(24(3)12-6-7-22(25)26)15-21(17)27(4,5)20(16)14-18;14-5-8-1-3-9(4-2-8)6-20-12-10-11(17-7-16-10)18-13(15)19-12;2*3-2(4,5)1(6)7/h8-11,13-16,19-21,23H,6-7,12,17-18,22H2,1-5H3,(H3,37,38,39,40,41);8-11,13-15H,6-7,12H2,1-5H3;1-4,7H,5-6,14H2,(H3,15,16,17,18,19);2*(H,6,7)/q+1;;;;/p-1. The third-order valence-electron chi connectivity index (χ3n) is 17.9. The third kappa shape index (κ3) is 21.6. The molecule has 2 aliphatic carbocycles. The second-order valence-electron chi connectivity index (χ2n) is 26.9. The summed E-state index contributed by atoms with van der Waals surface area (Å²) in [6.45, 7) is 12.6. The number of imidazole rings is 2. The Morgan fingerprint density at radius 2 is 0.935 bits per heavy atom. The molecule has 0 unspecified atom stereocenters. The van der Waals surface area contributed by atoms with Crippen LogP contribution in [0.2, 0.25) is 26.2 Å². The maximum Gasteiger partial charge on any atom is 0.430 e. The molecule has 6 heterocycles. The molecule has 107 heavy (non-hydrogen) atoms. The quantitative estimate of drug-likeness (QED) is 0.0243. The van der Waals surface area contributed by atoms with Crippen molar-refractivity contribution < 1.29 is 79.5 Å². The number of aromatic nitrogens is 8. The molecular weight excluding hydrogens is 1430 g/mol. The normalized spacial score (nSPS) is 14.1. The number of halogens is 6. The number of rotatable bonds is 20. The van der Waals surface area contributed by atoms with Crippen molar-refractivity contribution in [3.63, 3.8) is 0 Å². The lowest BCUT2D eigenvalue weighted by Gasteiger charge is -2.35. The van der Waals surface area contributed by atoms with Gasteiger partial charge in [0.2, 0.25) is 23.7 Å². The van der Waals surface area contributed by atoms with Crippen molar-refractivity contribution >= 4 is 119 Å². The maximum atomic E-state index is 12.8. The predicted molar refractivity (Wildman–Crippen MR) is 401 cm³/mol. The number of aliphatic carboxylic acids is 3. The molecule has 8 aromatic rings. The first kappa shape index (κ1) is 81.3. The number of fused-ring (bicyclic) bond motifs is 6. The Morgan fingerprint density at radius 3 is 1.31 bits per heavy atom. The Kier molecular flexibility index (Phi) is 26.7. The number of hydrogen-bond acceptors (Lipinski definition) is 19. The number of Topliss-reactive ketones (excluding diaryl/α,β-unsaturated/α-hetero) is 1. The van der Waals surface area contributed by atoms with Crippen LogP contribution in [0.5, 0.6) is 11.8 Å². The molecule has 32 heteroatoms. The second-order valence-corrected chi connectivity index (χ2v) is 35.5. The van der Waals surface area contributed by atoms with Crippen molar-refractivity contribution in [1.82, 2.24) is 39.9 Å². The van der Waals surface area contributed by atoms with Gasteiger partial charge >= 0.3 is 18.3 Å². The number of hydrogen-bond donors (Lipinski definition) is 6. The summed E-state index contributed by atoms with van der Waals surface area (Å²) in [6, 6.07) is 29.6. The number of benzene rings is 4. The first-order chi connectivity index (χ1) is 50.4. The van der Waals surface area contributed by atoms with Gasteiger partial charge in [0.1, 0.15) is 86.3 Å². The Bertz CT molecular complexity index is 4840. The number of carbonyl (C=O) groups is 4. The lowest BCUT2D eigenvalue weighted by molar-refractivity contribution is -0.462. The smallest absolute Gasteiger partial charge is 0.430 e. The third-order valence-corrected chi connectivity index (χ3v) is 25.1. The van der Waals surface area contributed by atoms with Gasteiger partial charge in [0.25, 0.3) is 0 Å². The highest BCUT2D eigenvalue weighted by Crippen LogP contribution is 2.37. The minimum Gasteiger partial charge on any atom is -0.542 e. The first-order valence-electron chi connectivity index (χ1n) is 33.8. The molecule has 4 aliphatic rings. The first-order valence-corrected chi connectivity index (χ1v) is 39.8. The summed E-state index contributed by atoms with van der Waals surface area (Å²) in [5, 5.41) is 32.3. The molecule has 0 bridgehead atoms. The number of allylic oxidation sites excluding steroid dienone is 10. The van der Waals surface area contributed by atoms with Crippen molar-refractivity contribution in [3.05, 3.63) is 189 Å². The number of nitrogens with one attached hydrogen (secondary N) is 2. The molecular formula is C75H85F6N15O9Si2. The topological polar surface area (TPSA) is 353 Å². The summed E-state index contributed by atoms with van der Waals surface area (Å²) >= 11 is 0. The van der Waals surface area contributed by atoms with E-state index in [1.54, 1.807) is 0 Å². The van der Waals surface area contributed by atoms with E-state index in [-0.39, 0.29) is 18.3 Å². The Hall–Kier alpha value is -11.4. The van der Waals surface area contributed by atoms with E-state index in [0.29, 0.717) is 78.9 Å². The van der Waals surface area contributed by atoms with E-state index in [9.17, 15) is 35.9 Å². The van der Waals surface area contributed by atoms with Gasteiger partial charge in [0.15, 0.2) is 22.7 Å². The van der Waals surface area contributed by atoms with Crippen LogP contribution in [-0.4, -0.2) is 173 Å². The molecule has 9 N–H and O–H groups in total. The minimum absolute atomic E-state index is 0.120. The lowest BCUT2D eigenvalue weighted by atomic mass is 10.0. The number of carboxylic acids is 3. The van der Waals surface area contributed by atoms with E-state index >= 15 is 0 Å². The highest BCUT2D eigenvalue weighted by atomic mass is 28.3. The number of aryl methyl sites for hydroxylation is 1. The monoisotopic (exact) mass is 1510 g/mol. The van der Waals surface area contributed by atoms with Gasteiger partial charge < -0.3 is 71.4 Å². The van der Waals surface area contributed by atoms with Crippen LogP contribution in [0.3, 0.4) is 0 Å². The fraction of sp³-hybridized carbons (Fsp3) is 0.307. The van der Waals surface area contributed by atoms with Crippen molar-refractivity contribution in [2.75, 3.05) is 76.6 Å². The van der Waals surface area contributed by atoms with Gasteiger partial charge in [-0.05, 0) is 133 Å². The van der Waals surface area contributed by atoms with Crippen LogP contribution in [0, 0.1) is 0 Å². The van der Waals surface area contributed by atoms with Gasteiger partial charge in [0.05, 0.1) is 12.7 Å². The molecule has 0 fully saturated rings. The number of alkyl halides is 6. The lowest BCUT2D eigenvalue weighted by Crippen LogP contribution is -2.48. The summed E-state index contributed by atoms with van der Waals surface area (Å²) in [6.07, 6.45) is 14.5. The number of ether oxygens (including phenoxy) is 2. The molecule has 564 valence electrons. The molecule has 0 radical (unpaired) electrons. The molecule has 12 rings (SSSR count). The van der Waals surface area contributed by atoms with Crippen LogP contribution >= 0.6 is 0 Å². The summed E-state index contributed by atoms with van der Waals surface area (Å²) < 4.78 is 79.0. The molecule has 0 saturated carbocycles. The van der Waals surface area contributed by atoms with Crippen LogP contribution in [0.15, 0.2) is 156 Å². The molecule has 2 aliphatic heterocycles. The zero-order chi connectivity index (χ0) is 78.3. The fourth-order valence-electron chi connectivity index (χ4n) is 11.9. The summed E-state index contributed by atoms with van der Waals surface area (Å²) in [5.74, 6) is -5.42. The van der Waals surface area contributed by atoms with Gasteiger partial charge in [-0.3, -0.25) is 9.59 Å². The van der Waals surface area contributed by atoms with E-state index < -0.39 is 46.4 Å². The van der Waals surface area contributed by atoms with Crippen LogP contribution in [0.1, 0.15) is 65.5 Å². The maximum absolute atomic E-state index is 12.8. The predicted octanol–water partition coefficient (Wildman–Crippen LogP) is 7.61. The van der Waals surface area contributed by atoms with Crippen LogP contribution in [0.25, 0.3) is 34.5 Å². The molecule has 0 amide bonds. The van der Waals surface area contributed by atoms with E-state index in [0.717, 1.165) is 48.2 Å². The number of ketones is 1. The number of carbonyl (C=O) groups excluding carboxylic acids is 3. The number of carboxylic acid groups (broad SMARTS) is 3. The van der Waals surface area contributed by atoms with Crippen molar-refractivity contribution in [3.8, 4) is 11.8 Å². The zero-order valence-corrected chi connectivity index (χ0v) is 62.8. The van der Waals surface area contributed by atoms with Gasteiger partial charge in [-0.25, -0.2) is 19.1 Å². The summed E-state index contributed by atoms with van der Waals surface area (Å²) in [7, 11) is 8.86. The van der Waals surface area contributed by atoms with Crippen molar-refractivity contribution in [1.29, 1.82) is 0 Å². The number of aromatic amines is 2. The number of H-pyrrole nitrogens is 2. The molecule has 0 saturated heterocycles. The highest BCUT2D eigenvalue weighted by Gasteiger charge is 2.39. The van der Waals surface area contributed by atoms with Gasteiger partial charge in [-0.2, -0.15) is 46.3 Å². The Labute approximate surface area is 615 Å². The Morgan fingerprint density at radius 1 is 0.551 bits per heavy atom. The van der Waals surface area contributed by atoms with Crippen molar-refractivity contribution in [2.24, 2.45) is 5.73 Å². The summed E-state index contributed by atoms with van der Waals surface area (Å²) in [4.78, 5) is 76.0. The molecule has 0 atom stereocenters. The summed E-state index contributed by atoms with van der Waals surface area (Å²) in [5.41, 5.74) is 33.6. The Balaban J connectivity index is 0.000000199. The van der Waals surface area contributed by atoms with E-state index in [2.05, 4.69) is 217 Å². The number of nitrogens with zero attached hydrogens (tertiary/aromatic N) is 10. The largest absolute Gasteiger partial charge is 0.542 e. The number of nitrogen functional groups attached to an aromatic ring is 2. The molecule has 4 aromatic heterocycles.